The summed E-state index contributed by atoms with van der Waals surface area (Å²) in [6.07, 6.45) is 5.96. The van der Waals surface area contributed by atoms with Crippen molar-refractivity contribution in [3.8, 4) is 17.2 Å². The Labute approximate surface area is 251 Å². The van der Waals surface area contributed by atoms with Crippen LogP contribution < -0.4 is 14.8 Å². The summed E-state index contributed by atoms with van der Waals surface area (Å²) in [6, 6.07) is 38.1. The third-order valence-corrected chi connectivity index (χ3v) is 7.57. The first-order valence-corrected chi connectivity index (χ1v) is 14.4. The molecule has 6 rings (SSSR count). The molecule has 1 N–H and O–H groups in total. The Bertz CT molecular complexity index is 1800. The molecule has 0 aliphatic rings. The van der Waals surface area contributed by atoms with Crippen LogP contribution in [0, 0.1) is 0 Å². The largest absolute Gasteiger partial charge is 0.497 e. The van der Waals surface area contributed by atoms with Crippen molar-refractivity contribution in [1.29, 1.82) is 0 Å². The van der Waals surface area contributed by atoms with Crippen molar-refractivity contribution in [3.05, 3.63) is 156 Å². The van der Waals surface area contributed by atoms with Gasteiger partial charge in [-0.3, -0.25) is 9.78 Å². The molecule has 6 aromatic rings. The Balaban J connectivity index is 1.35. The molecule has 4 aromatic carbocycles. The predicted molar refractivity (Wildman–Crippen MR) is 170 cm³/mol. The summed E-state index contributed by atoms with van der Waals surface area (Å²) in [5.41, 5.74) is 5.40. The zero-order chi connectivity index (χ0) is 29.4. The van der Waals surface area contributed by atoms with Crippen molar-refractivity contribution in [2.24, 2.45) is 0 Å². The highest BCUT2D eigenvalue weighted by Gasteiger charge is 2.23. The molecule has 43 heavy (non-hydrogen) atoms. The summed E-state index contributed by atoms with van der Waals surface area (Å²) in [4.78, 5) is 17.5. The third-order valence-electron chi connectivity index (χ3n) is 7.57. The van der Waals surface area contributed by atoms with Gasteiger partial charge in [-0.05, 0) is 76.9 Å². The molecule has 0 radical (unpaired) electrons. The minimum Gasteiger partial charge on any atom is -0.497 e. The SMILES string of the molecule is COc1ccc(Cn2cc(C(CC(=O)NCc3ccncc3)c3cccc(Oc4ccccc4)c3)c3ccccc32)cc1. The smallest absolute Gasteiger partial charge is 0.221 e. The van der Waals surface area contributed by atoms with E-state index in [-0.39, 0.29) is 18.2 Å². The second-order valence-electron chi connectivity index (χ2n) is 10.5. The number of amides is 1. The van der Waals surface area contributed by atoms with E-state index in [4.69, 9.17) is 9.47 Å². The van der Waals surface area contributed by atoms with E-state index < -0.39 is 0 Å². The lowest BCUT2D eigenvalue weighted by Gasteiger charge is -2.18. The van der Waals surface area contributed by atoms with Crippen molar-refractivity contribution in [1.82, 2.24) is 14.9 Å². The van der Waals surface area contributed by atoms with Crippen molar-refractivity contribution < 1.29 is 14.3 Å². The van der Waals surface area contributed by atoms with Crippen molar-refractivity contribution in [3.63, 3.8) is 0 Å². The van der Waals surface area contributed by atoms with E-state index in [1.165, 1.54) is 0 Å². The van der Waals surface area contributed by atoms with E-state index in [0.717, 1.165) is 50.4 Å². The monoisotopic (exact) mass is 567 g/mol. The normalized spacial score (nSPS) is 11.7. The standard InChI is InChI=1S/C37H33N3O3/c1-42-30-16-14-28(15-17-30)25-40-26-35(33-12-5-6-13-36(33)40)34(23-37(41)39-24-27-18-20-38-21-19-27)29-8-7-11-32(22-29)43-31-9-3-2-4-10-31/h2-22,26,34H,23-25H2,1H3,(H,39,41). The third kappa shape index (κ3) is 6.76. The number of carbonyl (C=O) groups is 1. The fraction of sp³-hybridized carbons (Fsp3) is 0.135. The van der Waals surface area contributed by atoms with Gasteiger partial charge in [0.25, 0.3) is 0 Å². The zero-order valence-corrected chi connectivity index (χ0v) is 24.0. The zero-order valence-electron chi connectivity index (χ0n) is 24.0. The number of rotatable bonds is 11. The summed E-state index contributed by atoms with van der Waals surface area (Å²) >= 11 is 0. The van der Waals surface area contributed by atoms with Gasteiger partial charge in [-0.15, -0.1) is 0 Å². The lowest BCUT2D eigenvalue weighted by atomic mass is 9.88. The maximum Gasteiger partial charge on any atom is 0.221 e. The Kier molecular flexibility index (Phi) is 8.46. The predicted octanol–water partition coefficient (Wildman–Crippen LogP) is 7.72. The van der Waals surface area contributed by atoms with E-state index in [2.05, 4.69) is 63.5 Å². The summed E-state index contributed by atoms with van der Waals surface area (Å²) in [5, 5.41) is 4.23. The number of hydrogen-bond donors (Lipinski definition) is 1. The molecule has 0 saturated heterocycles. The van der Waals surface area contributed by atoms with Crippen molar-refractivity contribution in [2.75, 3.05) is 7.11 Å². The number of methoxy groups -OCH3 is 1. The number of carbonyl (C=O) groups excluding carboxylic acids is 1. The second kappa shape index (κ2) is 13.1. The van der Waals surface area contributed by atoms with Crippen LogP contribution in [0.25, 0.3) is 10.9 Å². The first-order chi connectivity index (χ1) is 21.2. The quantitative estimate of drug-likeness (QED) is 0.174. The van der Waals surface area contributed by atoms with Gasteiger partial charge in [0.15, 0.2) is 0 Å². The number of benzene rings is 4. The molecular formula is C37H33N3O3. The molecule has 1 atom stereocenters. The minimum absolute atomic E-state index is 0.0248. The van der Waals surface area contributed by atoms with Crippen LogP contribution in [-0.2, 0) is 17.9 Å². The molecule has 1 unspecified atom stereocenters. The molecule has 0 aliphatic heterocycles. The molecule has 6 heteroatoms. The van der Waals surface area contributed by atoms with Gasteiger partial charge in [0, 0.05) is 54.9 Å². The van der Waals surface area contributed by atoms with Gasteiger partial charge in [0.05, 0.1) is 7.11 Å². The van der Waals surface area contributed by atoms with E-state index in [0.29, 0.717) is 13.1 Å². The van der Waals surface area contributed by atoms with Crippen LogP contribution in [0.1, 0.15) is 34.6 Å². The van der Waals surface area contributed by atoms with E-state index in [1.807, 2.05) is 72.8 Å². The first-order valence-electron chi connectivity index (χ1n) is 14.4. The second-order valence-corrected chi connectivity index (χ2v) is 10.5. The van der Waals surface area contributed by atoms with Gasteiger partial charge >= 0.3 is 0 Å². The van der Waals surface area contributed by atoms with Crippen molar-refractivity contribution in [2.45, 2.75) is 25.4 Å². The van der Waals surface area contributed by atoms with E-state index in [9.17, 15) is 4.79 Å². The van der Waals surface area contributed by atoms with Crippen LogP contribution in [0.5, 0.6) is 17.2 Å². The van der Waals surface area contributed by atoms with Gasteiger partial charge in [-0.1, -0.05) is 60.7 Å². The number of pyridine rings is 1. The molecule has 0 aliphatic carbocycles. The van der Waals surface area contributed by atoms with Gasteiger partial charge < -0.3 is 19.4 Å². The van der Waals surface area contributed by atoms with Gasteiger partial charge in [0.1, 0.15) is 17.2 Å². The topological polar surface area (TPSA) is 65.4 Å². The molecule has 0 spiro atoms. The maximum absolute atomic E-state index is 13.5. The Morgan fingerprint density at radius 1 is 0.791 bits per heavy atom. The molecule has 2 heterocycles. The Hall–Kier alpha value is -5.36. The molecule has 0 fully saturated rings. The number of nitrogens with one attached hydrogen (secondary N) is 1. The van der Waals surface area contributed by atoms with Crippen LogP contribution >= 0.6 is 0 Å². The fourth-order valence-corrected chi connectivity index (χ4v) is 5.40. The molecule has 6 nitrogen and oxygen atoms in total. The minimum atomic E-state index is -0.196. The average Bonchev–Trinajstić information content (AvgIpc) is 3.42. The summed E-state index contributed by atoms with van der Waals surface area (Å²) in [6.45, 7) is 1.15. The average molecular weight is 568 g/mol. The Morgan fingerprint density at radius 2 is 1.53 bits per heavy atom. The van der Waals surface area contributed by atoms with Crippen LogP contribution in [0.15, 0.2) is 134 Å². The molecule has 1 amide bonds. The first kappa shape index (κ1) is 27.8. The summed E-state index contributed by atoms with van der Waals surface area (Å²) < 4.78 is 13.8. The Morgan fingerprint density at radius 3 is 2.33 bits per heavy atom. The number of ether oxygens (including phenoxy) is 2. The highest BCUT2D eigenvalue weighted by atomic mass is 16.5. The maximum atomic E-state index is 13.5. The van der Waals surface area contributed by atoms with Crippen LogP contribution in [0.3, 0.4) is 0 Å². The number of para-hydroxylation sites is 2. The van der Waals surface area contributed by atoms with E-state index in [1.54, 1.807) is 19.5 Å². The van der Waals surface area contributed by atoms with E-state index >= 15 is 0 Å². The molecule has 214 valence electrons. The number of nitrogens with zero attached hydrogens (tertiary/aromatic N) is 2. The fourth-order valence-electron chi connectivity index (χ4n) is 5.40. The lowest BCUT2D eigenvalue weighted by Crippen LogP contribution is -2.25. The molecular weight excluding hydrogens is 534 g/mol. The molecule has 0 bridgehead atoms. The van der Waals surface area contributed by atoms with Crippen LogP contribution in [-0.4, -0.2) is 22.6 Å². The lowest BCUT2D eigenvalue weighted by molar-refractivity contribution is -0.121. The molecule has 0 saturated carbocycles. The number of fused-ring (bicyclic) bond motifs is 1. The van der Waals surface area contributed by atoms with Gasteiger partial charge in [0.2, 0.25) is 5.91 Å². The highest BCUT2D eigenvalue weighted by Crippen LogP contribution is 2.37. The van der Waals surface area contributed by atoms with Crippen LogP contribution in [0.4, 0.5) is 0 Å². The number of hydrogen-bond acceptors (Lipinski definition) is 4. The highest BCUT2D eigenvalue weighted by molar-refractivity contribution is 5.87. The summed E-state index contributed by atoms with van der Waals surface area (Å²) in [5.74, 6) is 2.11. The number of aromatic nitrogens is 2. The van der Waals surface area contributed by atoms with Crippen LogP contribution in [0.2, 0.25) is 0 Å². The molecule has 2 aromatic heterocycles. The van der Waals surface area contributed by atoms with Gasteiger partial charge in [-0.25, -0.2) is 0 Å². The summed E-state index contributed by atoms with van der Waals surface area (Å²) in [7, 11) is 1.67. The van der Waals surface area contributed by atoms with Gasteiger partial charge in [-0.2, -0.15) is 0 Å². The van der Waals surface area contributed by atoms with Crippen molar-refractivity contribution >= 4 is 16.8 Å².